The summed E-state index contributed by atoms with van der Waals surface area (Å²) in [5, 5.41) is 2.90. The lowest BCUT2D eigenvalue weighted by Crippen LogP contribution is -2.53. The molecule has 0 radical (unpaired) electrons. The Kier molecular flexibility index (Phi) is 7.14. The minimum absolute atomic E-state index is 0.0582. The van der Waals surface area contributed by atoms with Crippen LogP contribution in [0.15, 0.2) is 72.9 Å². The SMILES string of the molecule is O=C(NCc1ccc(OCc2ccccn2)cc1)N1CCN(C(=O)c2ccccc2F)CC1. The highest BCUT2D eigenvalue weighted by molar-refractivity contribution is 5.94. The molecule has 0 saturated carbocycles. The highest BCUT2D eigenvalue weighted by atomic mass is 19.1. The van der Waals surface area contributed by atoms with Gasteiger partial charge in [0.2, 0.25) is 0 Å². The lowest BCUT2D eigenvalue weighted by Gasteiger charge is -2.34. The van der Waals surface area contributed by atoms with Gasteiger partial charge in [0.15, 0.2) is 0 Å². The van der Waals surface area contributed by atoms with E-state index in [0.29, 0.717) is 39.3 Å². The lowest BCUT2D eigenvalue weighted by atomic mass is 10.1. The van der Waals surface area contributed by atoms with Crippen molar-refractivity contribution in [2.24, 2.45) is 0 Å². The van der Waals surface area contributed by atoms with Crippen LogP contribution in [0.25, 0.3) is 0 Å². The third-order valence-electron chi connectivity index (χ3n) is 5.44. The molecule has 1 aliphatic rings. The molecular formula is C25H25FN4O3. The van der Waals surface area contributed by atoms with E-state index in [-0.39, 0.29) is 17.5 Å². The summed E-state index contributed by atoms with van der Waals surface area (Å²) in [6.07, 6.45) is 1.73. The van der Waals surface area contributed by atoms with Crippen molar-refractivity contribution in [2.75, 3.05) is 26.2 Å². The quantitative estimate of drug-likeness (QED) is 0.627. The third-order valence-corrected chi connectivity index (χ3v) is 5.44. The zero-order valence-electron chi connectivity index (χ0n) is 18.1. The minimum atomic E-state index is -0.532. The molecule has 1 aliphatic heterocycles. The summed E-state index contributed by atoms with van der Waals surface area (Å²) >= 11 is 0. The van der Waals surface area contributed by atoms with Crippen LogP contribution in [0.4, 0.5) is 9.18 Å². The number of benzene rings is 2. The molecule has 7 nitrogen and oxygen atoms in total. The highest BCUT2D eigenvalue weighted by Gasteiger charge is 2.26. The van der Waals surface area contributed by atoms with E-state index >= 15 is 0 Å². The van der Waals surface area contributed by atoms with Gasteiger partial charge in [0.25, 0.3) is 5.91 Å². The molecule has 170 valence electrons. The molecule has 3 aromatic rings. The summed E-state index contributed by atoms with van der Waals surface area (Å²) in [7, 11) is 0. The molecule has 4 rings (SSSR count). The second kappa shape index (κ2) is 10.6. The third kappa shape index (κ3) is 5.85. The van der Waals surface area contributed by atoms with Crippen molar-refractivity contribution >= 4 is 11.9 Å². The molecule has 0 atom stereocenters. The average molecular weight is 448 g/mol. The summed E-state index contributed by atoms with van der Waals surface area (Å²) in [5.74, 6) is -0.152. The van der Waals surface area contributed by atoms with Crippen molar-refractivity contribution in [1.29, 1.82) is 0 Å². The van der Waals surface area contributed by atoms with Crippen LogP contribution in [-0.4, -0.2) is 52.9 Å². The number of hydrogen-bond donors (Lipinski definition) is 1. The number of piperazine rings is 1. The summed E-state index contributed by atoms with van der Waals surface area (Å²) in [4.78, 5) is 32.5. The Morgan fingerprint density at radius 2 is 1.61 bits per heavy atom. The number of nitrogens with one attached hydrogen (secondary N) is 1. The standard InChI is InChI=1S/C25H25FN4O3/c26-23-7-2-1-6-22(23)24(31)29-13-15-30(16-14-29)25(32)28-17-19-8-10-21(11-9-19)33-18-20-5-3-4-12-27-20/h1-12H,13-18H2,(H,28,32). The fraction of sp³-hybridized carbons (Fsp3) is 0.240. The van der Waals surface area contributed by atoms with E-state index in [0.717, 1.165) is 17.0 Å². The summed E-state index contributed by atoms with van der Waals surface area (Å²) < 4.78 is 19.6. The maximum atomic E-state index is 13.9. The van der Waals surface area contributed by atoms with Crippen molar-refractivity contribution in [3.8, 4) is 5.75 Å². The van der Waals surface area contributed by atoms with E-state index in [1.807, 2.05) is 42.5 Å². The topological polar surface area (TPSA) is 74.8 Å². The molecule has 1 N–H and O–H groups in total. The number of ether oxygens (including phenoxy) is 1. The van der Waals surface area contributed by atoms with E-state index in [4.69, 9.17) is 4.74 Å². The van der Waals surface area contributed by atoms with Gasteiger partial charge in [0.05, 0.1) is 11.3 Å². The number of carbonyl (C=O) groups is 2. The molecule has 0 spiro atoms. The van der Waals surface area contributed by atoms with Crippen LogP contribution >= 0.6 is 0 Å². The molecule has 1 saturated heterocycles. The molecule has 1 fully saturated rings. The number of pyridine rings is 1. The van der Waals surface area contributed by atoms with Crippen LogP contribution in [0.3, 0.4) is 0 Å². The van der Waals surface area contributed by atoms with Crippen LogP contribution in [0.1, 0.15) is 21.6 Å². The van der Waals surface area contributed by atoms with Gasteiger partial charge in [0.1, 0.15) is 18.2 Å². The number of carbonyl (C=O) groups excluding carboxylic acids is 2. The number of urea groups is 1. The van der Waals surface area contributed by atoms with Gasteiger partial charge in [-0.05, 0) is 42.0 Å². The van der Waals surface area contributed by atoms with Gasteiger partial charge in [-0.15, -0.1) is 0 Å². The van der Waals surface area contributed by atoms with Crippen molar-refractivity contribution < 1.29 is 18.7 Å². The number of nitrogens with zero attached hydrogens (tertiary/aromatic N) is 3. The summed E-state index contributed by atoms with van der Waals surface area (Å²) in [5.41, 5.74) is 1.86. The van der Waals surface area contributed by atoms with Crippen LogP contribution in [0.5, 0.6) is 5.75 Å². The monoisotopic (exact) mass is 448 g/mol. The molecule has 33 heavy (non-hydrogen) atoms. The van der Waals surface area contributed by atoms with Gasteiger partial charge in [-0.3, -0.25) is 9.78 Å². The normalized spacial score (nSPS) is 13.5. The number of halogens is 1. The summed E-state index contributed by atoms with van der Waals surface area (Å²) in [6, 6.07) is 18.9. The number of aromatic nitrogens is 1. The van der Waals surface area contributed by atoms with Crippen LogP contribution in [0, 0.1) is 5.82 Å². The minimum Gasteiger partial charge on any atom is -0.487 e. The first kappa shape index (κ1) is 22.3. The fourth-order valence-corrected chi connectivity index (χ4v) is 3.55. The number of amides is 3. The number of hydrogen-bond acceptors (Lipinski definition) is 4. The highest BCUT2D eigenvalue weighted by Crippen LogP contribution is 2.15. The van der Waals surface area contributed by atoms with E-state index in [1.165, 1.54) is 12.1 Å². The smallest absolute Gasteiger partial charge is 0.317 e. The predicted octanol–water partition coefficient (Wildman–Crippen LogP) is 3.47. The first-order valence-corrected chi connectivity index (χ1v) is 10.8. The second-order valence-electron chi connectivity index (χ2n) is 7.67. The van der Waals surface area contributed by atoms with Gasteiger partial charge >= 0.3 is 6.03 Å². The Morgan fingerprint density at radius 1 is 0.909 bits per heavy atom. The molecule has 8 heteroatoms. The summed E-state index contributed by atoms with van der Waals surface area (Å²) in [6.45, 7) is 2.29. The Bertz CT molecular complexity index is 1080. The zero-order valence-corrected chi connectivity index (χ0v) is 18.1. The molecule has 2 aromatic carbocycles. The largest absolute Gasteiger partial charge is 0.487 e. The lowest BCUT2D eigenvalue weighted by molar-refractivity contribution is 0.0660. The zero-order chi connectivity index (χ0) is 23.0. The molecule has 2 heterocycles. The van der Waals surface area contributed by atoms with Gasteiger partial charge in [-0.2, -0.15) is 0 Å². The molecule has 0 bridgehead atoms. The van der Waals surface area contributed by atoms with Gasteiger partial charge < -0.3 is 19.9 Å². The van der Waals surface area contributed by atoms with E-state index in [1.54, 1.807) is 28.1 Å². The van der Waals surface area contributed by atoms with E-state index < -0.39 is 5.82 Å². The Morgan fingerprint density at radius 3 is 2.30 bits per heavy atom. The van der Waals surface area contributed by atoms with E-state index in [9.17, 15) is 14.0 Å². The van der Waals surface area contributed by atoms with Gasteiger partial charge in [-0.25, -0.2) is 9.18 Å². The van der Waals surface area contributed by atoms with Crippen LogP contribution < -0.4 is 10.1 Å². The van der Waals surface area contributed by atoms with Gasteiger partial charge in [0, 0.05) is 38.9 Å². The van der Waals surface area contributed by atoms with E-state index in [2.05, 4.69) is 10.3 Å². The maximum Gasteiger partial charge on any atom is 0.317 e. The molecule has 3 amide bonds. The molecule has 0 unspecified atom stereocenters. The maximum absolute atomic E-state index is 13.9. The predicted molar refractivity (Wildman–Crippen MR) is 121 cm³/mol. The first-order chi connectivity index (χ1) is 16.1. The fourth-order valence-electron chi connectivity index (χ4n) is 3.55. The molecular weight excluding hydrogens is 423 g/mol. The van der Waals surface area contributed by atoms with Crippen molar-refractivity contribution in [1.82, 2.24) is 20.1 Å². The van der Waals surface area contributed by atoms with Gasteiger partial charge in [-0.1, -0.05) is 30.3 Å². The molecule has 1 aromatic heterocycles. The van der Waals surface area contributed by atoms with Crippen LogP contribution in [-0.2, 0) is 13.2 Å². The number of rotatable bonds is 6. The Labute approximate surface area is 191 Å². The second-order valence-corrected chi connectivity index (χ2v) is 7.67. The molecule has 0 aliphatic carbocycles. The Hall–Kier alpha value is -3.94. The van der Waals surface area contributed by atoms with Crippen molar-refractivity contribution in [2.45, 2.75) is 13.2 Å². The average Bonchev–Trinajstić information content (AvgIpc) is 2.87. The van der Waals surface area contributed by atoms with Crippen molar-refractivity contribution in [3.63, 3.8) is 0 Å². The Balaban J connectivity index is 1.21. The van der Waals surface area contributed by atoms with Crippen LogP contribution in [0.2, 0.25) is 0 Å². The first-order valence-electron chi connectivity index (χ1n) is 10.8. The van der Waals surface area contributed by atoms with Crippen molar-refractivity contribution in [3.05, 3.63) is 95.6 Å².